The van der Waals surface area contributed by atoms with Gasteiger partial charge in [0.2, 0.25) is 0 Å². The number of hydrogen-bond acceptors (Lipinski definition) is 1. The number of hydrogen-bond donors (Lipinski definition) is 0. The van der Waals surface area contributed by atoms with Crippen LogP contribution in [-0.4, -0.2) is 12.7 Å². The Labute approximate surface area is 79.7 Å². The van der Waals surface area contributed by atoms with Crippen molar-refractivity contribution in [1.82, 2.24) is 0 Å². The lowest BCUT2D eigenvalue weighted by atomic mass is 9.92. The predicted molar refractivity (Wildman–Crippen MR) is 51.0 cm³/mol. The van der Waals surface area contributed by atoms with Crippen LogP contribution in [0.25, 0.3) is 0 Å². The standard InChI is InChI=1S/C10H15ClO/c1-2-9-5-7-12-10(8-9)4-3-6-11/h3,6,9-10H,2,4-5,7H2,1H3. The Kier molecular flexibility index (Phi) is 4.70. The first-order valence-electron chi connectivity index (χ1n) is 4.49. The van der Waals surface area contributed by atoms with Gasteiger partial charge in [-0.05, 0) is 18.8 Å². The van der Waals surface area contributed by atoms with E-state index in [1.807, 2.05) is 6.08 Å². The van der Waals surface area contributed by atoms with E-state index in [0.717, 1.165) is 19.4 Å². The molecule has 2 radical (unpaired) electrons. The summed E-state index contributed by atoms with van der Waals surface area (Å²) in [6.07, 6.45) is 8.64. The van der Waals surface area contributed by atoms with E-state index in [0.29, 0.717) is 5.92 Å². The van der Waals surface area contributed by atoms with Gasteiger partial charge in [0, 0.05) is 18.6 Å². The molecule has 0 aromatic carbocycles. The summed E-state index contributed by atoms with van der Waals surface area (Å²) in [6, 6.07) is 0. The zero-order valence-corrected chi connectivity index (χ0v) is 8.18. The SMILES string of the molecule is CCC1[C]C(CC=CCl)OCC1. The van der Waals surface area contributed by atoms with Crippen LogP contribution in [0.15, 0.2) is 11.6 Å². The molecule has 0 aliphatic carbocycles. The third kappa shape index (κ3) is 3.16. The molecule has 0 N–H and O–H groups in total. The van der Waals surface area contributed by atoms with Crippen LogP contribution in [0, 0.1) is 12.3 Å². The second-order valence-electron chi connectivity index (χ2n) is 3.02. The van der Waals surface area contributed by atoms with E-state index >= 15 is 0 Å². The van der Waals surface area contributed by atoms with Gasteiger partial charge in [0.1, 0.15) is 0 Å². The molecule has 0 aromatic heterocycles. The minimum Gasteiger partial charge on any atom is -0.377 e. The normalized spacial score (nSPS) is 31.2. The molecule has 12 heavy (non-hydrogen) atoms. The zero-order valence-electron chi connectivity index (χ0n) is 7.42. The van der Waals surface area contributed by atoms with Gasteiger partial charge < -0.3 is 4.74 Å². The van der Waals surface area contributed by atoms with E-state index in [2.05, 4.69) is 13.3 Å². The number of rotatable bonds is 3. The lowest BCUT2D eigenvalue weighted by molar-refractivity contribution is 0.0317. The minimum absolute atomic E-state index is 0.165. The van der Waals surface area contributed by atoms with Gasteiger partial charge in [-0.1, -0.05) is 31.0 Å². The Morgan fingerprint density at radius 1 is 1.67 bits per heavy atom. The maximum atomic E-state index is 5.49. The second-order valence-corrected chi connectivity index (χ2v) is 3.27. The van der Waals surface area contributed by atoms with E-state index < -0.39 is 0 Å². The van der Waals surface area contributed by atoms with Crippen molar-refractivity contribution in [3.05, 3.63) is 18.0 Å². The first-order chi connectivity index (χ1) is 5.86. The molecule has 1 nitrogen and oxygen atoms in total. The molecule has 1 aliphatic rings. The van der Waals surface area contributed by atoms with Gasteiger partial charge in [0.15, 0.2) is 0 Å². The summed E-state index contributed by atoms with van der Waals surface area (Å²) in [5, 5.41) is 0. The quantitative estimate of drug-likeness (QED) is 0.659. The largest absolute Gasteiger partial charge is 0.377 e. The summed E-state index contributed by atoms with van der Waals surface area (Å²) in [5.74, 6) is 0.618. The van der Waals surface area contributed by atoms with Crippen molar-refractivity contribution in [2.45, 2.75) is 32.3 Å². The van der Waals surface area contributed by atoms with Crippen molar-refractivity contribution >= 4 is 11.6 Å². The molecule has 1 aliphatic heterocycles. The fourth-order valence-corrected chi connectivity index (χ4v) is 1.48. The van der Waals surface area contributed by atoms with E-state index in [1.54, 1.807) is 5.54 Å². The molecule has 1 rings (SSSR count). The Morgan fingerprint density at radius 2 is 2.50 bits per heavy atom. The van der Waals surface area contributed by atoms with Crippen LogP contribution >= 0.6 is 11.6 Å². The smallest absolute Gasteiger partial charge is 0.0682 e. The molecule has 2 heteroatoms. The Bertz CT molecular complexity index is 145. The van der Waals surface area contributed by atoms with Crippen LogP contribution in [0.1, 0.15) is 26.2 Å². The molecule has 1 fully saturated rings. The monoisotopic (exact) mass is 186 g/mol. The van der Waals surface area contributed by atoms with Crippen molar-refractivity contribution in [1.29, 1.82) is 0 Å². The predicted octanol–water partition coefficient (Wildman–Crippen LogP) is 3.03. The summed E-state index contributed by atoms with van der Waals surface area (Å²) in [5.41, 5.74) is 1.54. The highest BCUT2D eigenvalue weighted by Gasteiger charge is 2.20. The first-order valence-corrected chi connectivity index (χ1v) is 4.93. The van der Waals surface area contributed by atoms with E-state index in [1.165, 1.54) is 6.42 Å². The van der Waals surface area contributed by atoms with E-state index in [-0.39, 0.29) is 6.10 Å². The fraction of sp³-hybridized carbons (Fsp3) is 0.700. The molecule has 2 atom stereocenters. The van der Waals surface area contributed by atoms with Crippen molar-refractivity contribution in [2.24, 2.45) is 5.92 Å². The molecule has 1 heterocycles. The van der Waals surface area contributed by atoms with Gasteiger partial charge in [-0.2, -0.15) is 0 Å². The van der Waals surface area contributed by atoms with Crippen molar-refractivity contribution in [3.8, 4) is 0 Å². The average Bonchev–Trinajstić information content (AvgIpc) is 2.15. The van der Waals surface area contributed by atoms with Crippen LogP contribution in [0.3, 0.4) is 0 Å². The van der Waals surface area contributed by atoms with Crippen LogP contribution in [-0.2, 0) is 4.74 Å². The molecule has 1 saturated heterocycles. The van der Waals surface area contributed by atoms with Crippen molar-refractivity contribution < 1.29 is 4.74 Å². The highest BCUT2D eigenvalue weighted by Crippen LogP contribution is 2.23. The number of halogens is 1. The molecule has 0 aromatic rings. The molecule has 0 amide bonds. The Balaban J connectivity index is 2.25. The summed E-state index contributed by atoms with van der Waals surface area (Å²) in [6.45, 7) is 3.06. The Morgan fingerprint density at radius 3 is 3.17 bits per heavy atom. The van der Waals surface area contributed by atoms with Crippen LogP contribution in [0.5, 0.6) is 0 Å². The third-order valence-corrected chi connectivity index (χ3v) is 2.32. The topological polar surface area (TPSA) is 9.23 Å². The molecule has 2 unspecified atom stereocenters. The van der Waals surface area contributed by atoms with Crippen LogP contribution < -0.4 is 0 Å². The maximum Gasteiger partial charge on any atom is 0.0682 e. The molecular formula is C10H15ClO. The summed E-state index contributed by atoms with van der Waals surface area (Å²) >= 11 is 5.43. The molecule has 0 bridgehead atoms. The maximum absolute atomic E-state index is 5.49. The fourth-order valence-electron chi connectivity index (χ4n) is 1.38. The lowest BCUT2D eigenvalue weighted by Crippen LogP contribution is -2.25. The number of ether oxygens (including phenoxy) is 1. The Hall–Kier alpha value is -0.0100. The van der Waals surface area contributed by atoms with Gasteiger partial charge in [-0.25, -0.2) is 0 Å². The second kappa shape index (κ2) is 5.60. The average molecular weight is 187 g/mol. The van der Waals surface area contributed by atoms with E-state index in [9.17, 15) is 0 Å². The van der Waals surface area contributed by atoms with Gasteiger partial charge in [-0.15, -0.1) is 0 Å². The molecule has 0 spiro atoms. The van der Waals surface area contributed by atoms with Crippen molar-refractivity contribution in [2.75, 3.05) is 6.61 Å². The molecule has 0 saturated carbocycles. The summed E-state index contributed by atoms with van der Waals surface area (Å²) < 4.78 is 5.49. The van der Waals surface area contributed by atoms with E-state index in [4.69, 9.17) is 16.3 Å². The highest BCUT2D eigenvalue weighted by molar-refractivity contribution is 6.25. The van der Waals surface area contributed by atoms with Gasteiger partial charge in [0.05, 0.1) is 6.10 Å². The summed E-state index contributed by atoms with van der Waals surface area (Å²) in [7, 11) is 0. The third-order valence-electron chi connectivity index (χ3n) is 2.14. The summed E-state index contributed by atoms with van der Waals surface area (Å²) in [4.78, 5) is 0. The first kappa shape index (κ1) is 10.1. The van der Waals surface area contributed by atoms with Crippen molar-refractivity contribution in [3.63, 3.8) is 0 Å². The van der Waals surface area contributed by atoms with Gasteiger partial charge in [-0.3, -0.25) is 0 Å². The zero-order chi connectivity index (χ0) is 8.81. The molecule has 68 valence electrons. The molecular weight excluding hydrogens is 172 g/mol. The van der Waals surface area contributed by atoms with Crippen LogP contribution in [0.2, 0.25) is 0 Å². The van der Waals surface area contributed by atoms with Gasteiger partial charge >= 0.3 is 0 Å². The van der Waals surface area contributed by atoms with Gasteiger partial charge in [0.25, 0.3) is 0 Å². The lowest BCUT2D eigenvalue weighted by Gasteiger charge is -2.27. The van der Waals surface area contributed by atoms with Crippen LogP contribution in [0.4, 0.5) is 0 Å². The highest BCUT2D eigenvalue weighted by atomic mass is 35.5. The minimum atomic E-state index is 0.165.